The van der Waals surface area contributed by atoms with Crippen LogP contribution in [0.25, 0.3) is 0 Å². The molecule has 18 heavy (non-hydrogen) atoms. The minimum Gasteiger partial charge on any atom is -0.335 e. The topological polar surface area (TPSA) is 46.3 Å². The van der Waals surface area contributed by atoms with Crippen molar-refractivity contribution in [1.82, 2.24) is 4.90 Å². The Hall–Kier alpha value is -0.870. The number of nitrogens with zero attached hydrogens (tertiary/aromatic N) is 1. The third-order valence-corrected chi connectivity index (χ3v) is 4.76. The summed E-state index contributed by atoms with van der Waals surface area (Å²) in [7, 11) is 0. The van der Waals surface area contributed by atoms with Crippen molar-refractivity contribution in [3.05, 3.63) is 22.4 Å². The monoisotopic (exact) mass is 266 g/mol. The minimum atomic E-state index is -0.0365. The second-order valence-electron chi connectivity index (χ2n) is 5.29. The van der Waals surface area contributed by atoms with Gasteiger partial charge in [-0.1, -0.05) is 19.9 Å². The van der Waals surface area contributed by atoms with E-state index in [1.165, 1.54) is 4.88 Å². The van der Waals surface area contributed by atoms with Gasteiger partial charge in [-0.15, -0.1) is 11.3 Å². The average Bonchev–Trinajstić information content (AvgIpc) is 3.00. The fourth-order valence-corrected chi connectivity index (χ4v) is 3.55. The smallest absolute Gasteiger partial charge is 0.227 e. The molecule has 1 fully saturated rings. The number of carbonyl (C=O) groups is 1. The van der Waals surface area contributed by atoms with Crippen LogP contribution in [0.3, 0.4) is 0 Å². The second-order valence-corrected chi connectivity index (χ2v) is 6.27. The van der Waals surface area contributed by atoms with Crippen LogP contribution in [0.1, 0.15) is 37.6 Å². The molecule has 1 saturated heterocycles. The molecule has 2 rings (SSSR count). The minimum absolute atomic E-state index is 0.0365. The lowest BCUT2D eigenvalue weighted by Crippen LogP contribution is -2.40. The highest BCUT2D eigenvalue weighted by molar-refractivity contribution is 7.10. The van der Waals surface area contributed by atoms with E-state index in [0.717, 1.165) is 19.4 Å². The van der Waals surface area contributed by atoms with Crippen molar-refractivity contribution in [2.45, 2.75) is 32.7 Å². The number of hydrogen-bond acceptors (Lipinski definition) is 3. The van der Waals surface area contributed by atoms with Gasteiger partial charge >= 0.3 is 0 Å². The van der Waals surface area contributed by atoms with Gasteiger partial charge in [-0.25, -0.2) is 0 Å². The molecule has 4 heteroatoms. The van der Waals surface area contributed by atoms with Crippen molar-refractivity contribution in [3.63, 3.8) is 0 Å². The molecule has 1 aliphatic heterocycles. The lowest BCUT2D eigenvalue weighted by Gasteiger charge is -2.29. The Balaban J connectivity index is 2.14. The van der Waals surface area contributed by atoms with E-state index in [1.54, 1.807) is 11.3 Å². The molecule has 2 atom stereocenters. The number of likely N-dealkylation sites (tertiary alicyclic amines) is 1. The zero-order valence-electron chi connectivity index (χ0n) is 11.1. The highest BCUT2D eigenvalue weighted by Crippen LogP contribution is 2.35. The summed E-state index contributed by atoms with van der Waals surface area (Å²) >= 11 is 1.74. The first-order valence-electron chi connectivity index (χ1n) is 6.69. The van der Waals surface area contributed by atoms with Crippen LogP contribution in [-0.2, 0) is 4.79 Å². The molecular weight excluding hydrogens is 244 g/mol. The molecule has 0 aliphatic carbocycles. The van der Waals surface area contributed by atoms with E-state index in [1.807, 2.05) is 4.90 Å². The Morgan fingerprint density at radius 1 is 1.61 bits per heavy atom. The summed E-state index contributed by atoms with van der Waals surface area (Å²) in [6, 6.07) is 4.47. The molecule has 2 unspecified atom stereocenters. The van der Waals surface area contributed by atoms with Crippen molar-refractivity contribution in [3.8, 4) is 0 Å². The van der Waals surface area contributed by atoms with Crippen LogP contribution in [0.2, 0.25) is 0 Å². The molecule has 0 saturated carbocycles. The summed E-state index contributed by atoms with van der Waals surface area (Å²) in [5.74, 6) is 0.515. The average molecular weight is 266 g/mol. The molecule has 2 heterocycles. The Morgan fingerprint density at radius 3 is 2.94 bits per heavy atom. The molecule has 2 N–H and O–H groups in total. The number of nitrogens with two attached hydrogens (primary N) is 1. The van der Waals surface area contributed by atoms with Crippen molar-refractivity contribution in [2.24, 2.45) is 17.6 Å². The zero-order chi connectivity index (χ0) is 13.1. The summed E-state index contributed by atoms with van der Waals surface area (Å²) in [5, 5.41) is 2.08. The molecule has 100 valence electrons. The quantitative estimate of drug-likeness (QED) is 0.910. The molecule has 1 aliphatic rings. The fraction of sp³-hybridized carbons (Fsp3) is 0.643. The van der Waals surface area contributed by atoms with Gasteiger partial charge in [0.1, 0.15) is 0 Å². The number of thiophene rings is 1. The summed E-state index contributed by atoms with van der Waals surface area (Å²) < 4.78 is 0. The third kappa shape index (κ3) is 2.59. The highest BCUT2D eigenvalue weighted by Gasteiger charge is 2.34. The molecule has 1 amide bonds. The molecule has 0 spiro atoms. The predicted molar refractivity (Wildman–Crippen MR) is 75.4 cm³/mol. The maximum atomic E-state index is 12.6. The largest absolute Gasteiger partial charge is 0.335 e. The van der Waals surface area contributed by atoms with Crippen molar-refractivity contribution in [2.75, 3.05) is 13.1 Å². The van der Waals surface area contributed by atoms with E-state index >= 15 is 0 Å². The number of carbonyl (C=O) groups excluding carboxylic acids is 1. The molecular formula is C14H22N2OS. The first-order valence-corrected chi connectivity index (χ1v) is 7.57. The lowest BCUT2D eigenvalue weighted by atomic mass is 9.94. The molecule has 0 bridgehead atoms. The van der Waals surface area contributed by atoms with E-state index in [-0.39, 0.29) is 17.9 Å². The van der Waals surface area contributed by atoms with Crippen LogP contribution in [0, 0.1) is 11.8 Å². The Morgan fingerprint density at radius 2 is 2.39 bits per heavy atom. The van der Waals surface area contributed by atoms with Crippen molar-refractivity contribution < 1.29 is 4.79 Å². The summed E-state index contributed by atoms with van der Waals surface area (Å²) in [4.78, 5) is 15.9. The van der Waals surface area contributed by atoms with Gasteiger partial charge in [-0.05, 0) is 30.2 Å². The number of rotatable bonds is 4. The standard InChI is InChI=1S/C14H22N2OS/c1-10(2)11(9-15)14(17)16-7-3-5-12(16)13-6-4-8-18-13/h4,6,8,10-12H,3,5,7,9,15H2,1-2H3. The van der Waals surface area contributed by atoms with Gasteiger partial charge in [-0.2, -0.15) is 0 Å². The molecule has 0 radical (unpaired) electrons. The van der Waals surface area contributed by atoms with Gasteiger partial charge in [0.15, 0.2) is 0 Å². The van der Waals surface area contributed by atoms with E-state index in [0.29, 0.717) is 12.5 Å². The lowest BCUT2D eigenvalue weighted by molar-refractivity contribution is -0.137. The second kappa shape index (κ2) is 5.85. The molecule has 1 aromatic rings. The Bertz CT molecular complexity index is 389. The van der Waals surface area contributed by atoms with Crippen LogP contribution in [-0.4, -0.2) is 23.9 Å². The summed E-state index contributed by atoms with van der Waals surface area (Å²) in [6.45, 7) is 5.48. The van der Waals surface area contributed by atoms with Gasteiger partial charge in [0.25, 0.3) is 0 Å². The van der Waals surface area contributed by atoms with Crippen LogP contribution in [0.4, 0.5) is 0 Å². The van der Waals surface area contributed by atoms with Crippen LogP contribution < -0.4 is 5.73 Å². The van der Waals surface area contributed by atoms with Crippen molar-refractivity contribution >= 4 is 17.2 Å². The van der Waals surface area contributed by atoms with E-state index in [4.69, 9.17) is 5.73 Å². The van der Waals surface area contributed by atoms with Crippen LogP contribution in [0.15, 0.2) is 17.5 Å². The maximum absolute atomic E-state index is 12.6. The van der Waals surface area contributed by atoms with Crippen LogP contribution in [0.5, 0.6) is 0 Å². The first kappa shape index (κ1) is 13.6. The molecule has 0 aromatic carbocycles. The normalized spacial score (nSPS) is 21.6. The predicted octanol–water partition coefficient (Wildman–Crippen LogP) is 2.64. The van der Waals surface area contributed by atoms with Gasteiger partial charge in [-0.3, -0.25) is 4.79 Å². The number of hydrogen-bond donors (Lipinski definition) is 1. The van der Waals surface area contributed by atoms with E-state index < -0.39 is 0 Å². The molecule has 3 nitrogen and oxygen atoms in total. The van der Waals surface area contributed by atoms with E-state index in [9.17, 15) is 4.79 Å². The SMILES string of the molecule is CC(C)C(CN)C(=O)N1CCCC1c1cccs1. The summed E-state index contributed by atoms with van der Waals surface area (Å²) in [6.07, 6.45) is 2.19. The number of amides is 1. The first-order chi connectivity index (χ1) is 8.65. The fourth-order valence-electron chi connectivity index (χ4n) is 2.68. The van der Waals surface area contributed by atoms with Gasteiger partial charge < -0.3 is 10.6 Å². The highest BCUT2D eigenvalue weighted by atomic mass is 32.1. The Kier molecular flexibility index (Phi) is 4.40. The zero-order valence-corrected chi connectivity index (χ0v) is 12.0. The van der Waals surface area contributed by atoms with Gasteiger partial charge in [0, 0.05) is 18.0 Å². The van der Waals surface area contributed by atoms with Crippen LogP contribution >= 0.6 is 11.3 Å². The van der Waals surface area contributed by atoms with Gasteiger partial charge in [0.2, 0.25) is 5.91 Å². The summed E-state index contributed by atoms with van der Waals surface area (Å²) in [5.41, 5.74) is 5.76. The third-order valence-electron chi connectivity index (χ3n) is 3.78. The van der Waals surface area contributed by atoms with Gasteiger partial charge in [0.05, 0.1) is 12.0 Å². The Labute approximate surface area is 113 Å². The molecule has 1 aromatic heterocycles. The van der Waals surface area contributed by atoms with Crippen molar-refractivity contribution in [1.29, 1.82) is 0 Å². The van der Waals surface area contributed by atoms with E-state index in [2.05, 4.69) is 31.4 Å². The maximum Gasteiger partial charge on any atom is 0.227 e.